The molecule has 0 bridgehead atoms. The topological polar surface area (TPSA) is 174 Å². The smallest absolute Gasteiger partial charge is 0.207 e. The summed E-state index contributed by atoms with van der Waals surface area (Å²) in [7, 11) is -4.25. The number of aliphatic hydroxyl groups is 3. The van der Waals surface area contributed by atoms with Crippen LogP contribution in [-0.2, 0) is 14.6 Å². The average molecular weight is 421 g/mol. The van der Waals surface area contributed by atoms with E-state index in [1.165, 1.54) is 29.4 Å². The molecule has 11 nitrogen and oxygen atoms in total. The molecule has 1 aliphatic heterocycles. The molecule has 29 heavy (non-hydrogen) atoms. The van der Waals surface area contributed by atoms with Crippen LogP contribution >= 0.6 is 0 Å². The number of rotatable bonds is 4. The van der Waals surface area contributed by atoms with Crippen LogP contribution in [0.5, 0.6) is 0 Å². The van der Waals surface area contributed by atoms with Gasteiger partial charge in [-0.15, -0.1) is 0 Å². The van der Waals surface area contributed by atoms with Crippen LogP contribution in [0.4, 0.5) is 5.82 Å². The Morgan fingerprint density at radius 1 is 1.14 bits per heavy atom. The van der Waals surface area contributed by atoms with E-state index in [1.807, 2.05) is 0 Å². The highest BCUT2D eigenvalue weighted by Crippen LogP contribution is 2.35. The Hall–Kier alpha value is -2.64. The van der Waals surface area contributed by atoms with Crippen LogP contribution in [0.3, 0.4) is 0 Å². The summed E-state index contributed by atoms with van der Waals surface area (Å²) in [4.78, 5) is 11.8. The number of imidazole rings is 1. The number of aromatic nitrogens is 4. The van der Waals surface area contributed by atoms with Gasteiger partial charge in [-0.25, -0.2) is 23.4 Å². The van der Waals surface area contributed by atoms with E-state index in [-0.39, 0.29) is 21.9 Å². The Morgan fingerprint density at radius 3 is 2.52 bits per heavy atom. The first-order chi connectivity index (χ1) is 13.7. The Kier molecular flexibility index (Phi) is 4.75. The van der Waals surface area contributed by atoms with E-state index in [1.54, 1.807) is 19.1 Å². The van der Waals surface area contributed by atoms with Crippen molar-refractivity contribution in [2.75, 3.05) is 5.73 Å². The third-order valence-electron chi connectivity index (χ3n) is 4.88. The number of aryl methyl sites for hydroxylation is 1. The summed E-state index contributed by atoms with van der Waals surface area (Å²) in [6, 6.07) is 5.88. The van der Waals surface area contributed by atoms with Crippen molar-refractivity contribution in [3.05, 3.63) is 42.5 Å². The van der Waals surface area contributed by atoms with Crippen molar-refractivity contribution >= 4 is 26.8 Å². The zero-order chi connectivity index (χ0) is 20.9. The minimum Gasteiger partial charge on any atom is -0.387 e. The van der Waals surface area contributed by atoms with Gasteiger partial charge in [0, 0.05) is 0 Å². The van der Waals surface area contributed by atoms with Gasteiger partial charge >= 0.3 is 0 Å². The molecule has 1 aromatic carbocycles. The first kappa shape index (κ1) is 19.7. The second-order valence-corrected chi connectivity index (χ2v) is 8.85. The summed E-state index contributed by atoms with van der Waals surface area (Å²) >= 11 is 0. The lowest BCUT2D eigenvalue weighted by atomic mass is 10.1. The lowest BCUT2D eigenvalue weighted by Gasteiger charge is -2.21. The number of ether oxygens (including phenoxy) is 1. The Labute approximate surface area is 165 Å². The number of sulfone groups is 1. The lowest BCUT2D eigenvalue weighted by Crippen LogP contribution is -2.42. The first-order valence-corrected chi connectivity index (χ1v) is 10.2. The van der Waals surface area contributed by atoms with E-state index in [9.17, 15) is 23.7 Å². The highest BCUT2D eigenvalue weighted by atomic mass is 32.2. The van der Waals surface area contributed by atoms with Gasteiger partial charge in [0.25, 0.3) is 0 Å². The van der Waals surface area contributed by atoms with E-state index in [4.69, 9.17) is 10.5 Å². The van der Waals surface area contributed by atoms with Crippen LogP contribution in [0.2, 0.25) is 0 Å². The molecule has 1 aliphatic rings. The maximum Gasteiger partial charge on any atom is 0.207 e. The molecule has 3 heterocycles. The fourth-order valence-electron chi connectivity index (χ4n) is 3.25. The molecule has 154 valence electrons. The first-order valence-electron chi connectivity index (χ1n) is 8.65. The molecule has 0 spiro atoms. The van der Waals surface area contributed by atoms with Gasteiger partial charge in [-0.3, -0.25) is 4.57 Å². The third-order valence-corrected chi connectivity index (χ3v) is 6.72. The van der Waals surface area contributed by atoms with E-state index < -0.39 is 39.8 Å². The fraction of sp³-hybridized carbons (Fsp3) is 0.353. The molecule has 2 aromatic heterocycles. The quantitative estimate of drug-likeness (QED) is 0.414. The van der Waals surface area contributed by atoms with Crippen molar-refractivity contribution in [1.29, 1.82) is 0 Å². The standard InChI is InChI=1S/C17H19N5O6S/c1-8-2-4-9(5-3-8)29(26,27)17(25)13-11(23)12(24)16(28-13)22-7-21-10-14(18)19-6-20-15(10)22/h2-7,11-13,16-17,23-25H,1H3,(H2,18,19,20)/t11-,12+,13-,16-,17-/m1/s1. The summed E-state index contributed by atoms with van der Waals surface area (Å²) in [6.45, 7) is 1.80. The Balaban J connectivity index is 1.66. The molecule has 0 unspecified atom stereocenters. The Bertz CT molecular complexity index is 1150. The number of nitrogens with zero attached hydrogens (tertiary/aromatic N) is 4. The van der Waals surface area contributed by atoms with Crippen molar-refractivity contribution in [1.82, 2.24) is 19.5 Å². The molecule has 0 saturated carbocycles. The van der Waals surface area contributed by atoms with Crippen LogP contribution in [0, 0.1) is 6.92 Å². The lowest BCUT2D eigenvalue weighted by molar-refractivity contribution is -0.0615. The van der Waals surface area contributed by atoms with Crippen LogP contribution in [0.25, 0.3) is 11.2 Å². The zero-order valence-electron chi connectivity index (χ0n) is 15.2. The van der Waals surface area contributed by atoms with Crippen molar-refractivity contribution in [3.63, 3.8) is 0 Å². The molecule has 1 saturated heterocycles. The predicted molar refractivity (Wildman–Crippen MR) is 100 cm³/mol. The monoisotopic (exact) mass is 421 g/mol. The highest BCUT2D eigenvalue weighted by molar-refractivity contribution is 7.92. The van der Waals surface area contributed by atoms with Crippen molar-refractivity contribution in [2.24, 2.45) is 0 Å². The van der Waals surface area contributed by atoms with Gasteiger partial charge in [-0.2, -0.15) is 0 Å². The fourth-order valence-corrected chi connectivity index (χ4v) is 4.62. The number of benzene rings is 1. The van der Waals surface area contributed by atoms with Gasteiger partial charge in [0.05, 0.1) is 11.2 Å². The molecule has 1 fully saturated rings. The summed E-state index contributed by atoms with van der Waals surface area (Å²) in [5, 5.41) is 31.3. The van der Waals surface area contributed by atoms with E-state index in [0.717, 1.165) is 5.56 Å². The third kappa shape index (κ3) is 3.14. The Morgan fingerprint density at radius 2 is 1.83 bits per heavy atom. The number of anilines is 1. The maximum absolute atomic E-state index is 12.8. The van der Waals surface area contributed by atoms with Crippen LogP contribution < -0.4 is 5.73 Å². The predicted octanol–water partition coefficient (Wildman–Crippen LogP) is -0.872. The van der Waals surface area contributed by atoms with E-state index >= 15 is 0 Å². The SMILES string of the molecule is Cc1ccc(S(=O)(=O)[C@@H](O)[C@@H]2O[C@@H](n3cnc4c(N)ncnc43)[C@@H](O)[C@H]2O)cc1. The maximum atomic E-state index is 12.8. The summed E-state index contributed by atoms with van der Waals surface area (Å²) in [5.41, 5.74) is 4.97. The number of aliphatic hydroxyl groups excluding tert-OH is 3. The van der Waals surface area contributed by atoms with Crippen LogP contribution in [0.1, 0.15) is 11.8 Å². The zero-order valence-corrected chi connectivity index (χ0v) is 16.0. The van der Waals surface area contributed by atoms with Gasteiger partial charge in [-0.05, 0) is 19.1 Å². The van der Waals surface area contributed by atoms with Crippen molar-refractivity contribution < 1.29 is 28.5 Å². The normalized spacial score (nSPS) is 26.1. The van der Waals surface area contributed by atoms with Gasteiger partial charge < -0.3 is 25.8 Å². The van der Waals surface area contributed by atoms with Crippen LogP contribution in [-0.4, -0.2) is 67.0 Å². The molecule has 5 atom stereocenters. The highest BCUT2D eigenvalue weighted by Gasteiger charge is 2.51. The number of nitrogen functional groups attached to an aromatic ring is 1. The molecule has 0 amide bonds. The van der Waals surface area contributed by atoms with E-state index in [0.29, 0.717) is 0 Å². The number of hydrogen-bond acceptors (Lipinski definition) is 10. The number of fused-ring (bicyclic) bond motifs is 1. The van der Waals surface area contributed by atoms with Crippen molar-refractivity contribution in [2.45, 2.75) is 41.8 Å². The minimum atomic E-state index is -4.25. The van der Waals surface area contributed by atoms with Gasteiger partial charge in [0.1, 0.15) is 30.2 Å². The molecule has 3 aromatic rings. The molecule has 0 radical (unpaired) electrons. The molecular weight excluding hydrogens is 402 g/mol. The summed E-state index contributed by atoms with van der Waals surface area (Å²) in [5.74, 6) is 0.111. The van der Waals surface area contributed by atoms with Crippen LogP contribution in [0.15, 0.2) is 41.8 Å². The minimum absolute atomic E-state index is 0.111. The largest absolute Gasteiger partial charge is 0.387 e. The number of hydrogen-bond donors (Lipinski definition) is 4. The second kappa shape index (κ2) is 7.00. The molecule has 12 heteroatoms. The van der Waals surface area contributed by atoms with Crippen molar-refractivity contribution in [3.8, 4) is 0 Å². The average Bonchev–Trinajstić information content (AvgIpc) is 3.24. The summed E-state index contributed by atoms with van der Waals surface area (Å²) in [6.07, 6.45) is -3.58. The molecule has 0 aliphatic carbocycles. The second-order valence-electron chi connectivity index (χ2n) is 6.80. The number of nitrogens with two attached hydrogens (primary N) is 1. The summed E-state index contributed by atoms with van der Waals surface area (Å²) < 4.78 is 32.4. The molecular formula is C17H19N5O6S. The molecule has 4 rings (SSSR count). The molecule has 5 N–H and O–H groups in total. The van der Waals surface area contributed by atoms with Gasteiger partial charge in [-0.1, -0.05) is 17.7 Å². The van der Waals surface area contributed by atoms with Gasteiger partial charge in [0.2, 0.25) is 9.84 Å². The van der Waals surface area contributed by atoms with Gasteiger partial charge in [0.15, 0.2) is 23.1 Å². The van der Waals surface area contributed by atoms with E-state index in [2.05, 4.69) is 15.0 Å².